The summed E-state index contributed by atoms with van der Waals surface area (Å²) in [5, 5.41) is 2.39. The van der Waals surface area contributed by atoms with Gasteiger partial charge < -0.3 is 24.1 Å². The Balaban J connectivity index is 1.37. The molecule has 7 heteroatoms. The Kier molecular flexibility index (Phi) is 5.12. The van der Waals surface area contributed by atoms with Gasteiger partial charge in [-0.2, -0.15) is 0 Å². The van der Waals surface area contributed by atoms with Crippen molar-refractivity contribution in [2.75, 3.05) is 13.3 Å². The summed E-state index contributed by atoms with van der Waals surface area (Å²) in [7, 11) is 0. The van der Waals surface area contributed by atoms with Gasteiger partial charge in [-0.25, -0.2) is 0 Å². The minimum atomic E-state index is -0.123. The molecule has 0 radical (unpaired) electrons. The van der Waals surface area contributed by atoms with Crippen LogP contribution in [-0.4, -0.2) is 28.4 Å². The highest BCUT2D eigenvalue weighted by atomic mass is 35.5. The molecule has 0 saturated heterocycles. The second-order valence-electron chi connectivity index (χ2n) is 8.21. The zero-order chi connectivity index (χ0) is 22.4. The van der Waals surface area contributed by atoms with Crippen molar-refractivity contribution in [2.45, 2.75) is 19.1 Å². The second-order valence-corrected chi connectivity index (χ2v) is 8.99. The summed E-state index contributed by atoms with van der Waals surface area (Å²) in [5.74, 6) is 1.51. The fourth-order valence-electron chi connectivity index (χ4n) is 4.72. The molecule has 0 bridgehead atoms. The predicted octanol–water partition coefficient (Wildman–Crippen LogP) is 6.00. The van der Waals surface area contributed by atoms with E-state index < -0.39 is 0 Å². The average molecular weight is 477 g/mol. The van der Waals surface area contributed by atoms with Crippen LogP contribution in [0.1, 0.15) is 28.4 Å². The van der Waals surface area contributed by atoms with Gasteiger partial charge in [0.05, 0.1) is 6.04 Å². The van der Waals surface area contributed by atoms with Gasteiger partial charge in [-0.3, -0.25) is 0 Å². The molecule has 0 amide bonds. The molecule has 1 aromatic heterocycles. The molecule has 0 fully saturated rings. The molecular formula is C26H21ClN2O3S. The molecule has 1 unspecified atom stereocenters. The molecule has 33 heavy (non-hydrogen) atoms. The normalized spacial score (nSPS) is 16.6. The van der Waals surface area contributed by atoms with E-state index >= 15 is 0 Å². The number of thiocarbonyl (C=S) groups is 1. The molecule has 0 spiro atoms. The van der Waals surface area contributed by atoms with Crippen molar-refractivity contribution in [2.24, 2.45) is 0 Å². The number of fused-ring (bicyclic) bond motifs is 4. The number of para-hydroxylation sites is 1. The molecular weight excluding hydrogens is 456 g/mol. The van der Waals surface area contributed by atoms with Crippen LogP contribution in [-0.2, 0) is 17.8 Å². The first kappa shape index (κ1) is 20.4. The van der Waals surface area contributed by atoms with Crippen molar-refractivity contribution in [3.63, 3.8) is 0 Å². The maximum atomic E-state index is 6.13. The van der Waals surface area contributed by atoms with Crippen LogP contribution in [0.25, 0.3) is 10.9 Å². The molecule has 166 valence electrons. The third-order valence-corrected chi connectivity index (χ3v) is 6.82. The van der Waals surface area contributed by atoms with Crippen molar-refractivity contribution in [1.82, 2.24) is 9.88 Å². The van der Waals surface area contributed by atoms with E-state index in [0.717, 1.165) is 46.8 Å². The van der Waals surface area contributed by atoms with E-state index in [4.69, 9.17) is 38.0 Å². The molecule has 0 aliphatic carbocycles. The monoisotopic (exact) mass is 476 g/mol. The Bertz CT molecular complexity index is 1370. The molecule has 5 nitrogen and oxygen atoms in total. The van der Waals surface area contributed by atoms with Crippen molar-refractivity contribution < 1.29 is 14.2 Å². The van der Waals surface area contributed by atoms with Crippen molar-refractivity contribution in [3.05, 3.63) is 94.1 Å². The highest BCUT2D eigenvalue weighted by Gasteiger charge is 2.34. The minimum absolute atomic E-state index is 0.123. The topological polar surface area (TPSA) is 46.7 Å². The zero-order valence-electron chi connectivity index (χ0n) is 17.7. The number of aromatic nitrogens is 1. The maximum Gasteiger partial charge on any atom is 0.260 e. The number of benzene rings is 3. The zero-order valence-corrected chi connectivity index (χ0v) is 19.3. The number of rotatable bonds is 3. The van der Waals surface area contributed by atoms with E-state index in [0.29, 0.717) is 16.8 Å². The Hall–Kier alpha value is -3.22. The van der Waals surface area contributed by atoms with Gasteiger partial charge in [0.25, 0.3) is 5.17 Å². The maximum absolute atomic E-state index is 6.13. The summed E-state index contributed by atoms with van der Waals surface area (Å²) in [6.45, 7) is 1.36. The number of halogens is 1. The molecule has 6 rings (SSSR count). The lowest BCUT2D eigenvalue weighted by Crippen LogP contribution is -2.40. The lowest BCUT2D eigenvalue weighted by Gasteiger charge is -2.37. The molecule has 2 aliphatic rings. The van der Waals surface area contributed by atoms with E-state index in [9.17, 15) is 0 Å². The van der Waals surface area contributed by atoms with Crippen LogP contribution < -0.4 is 9.47 Å². The first-order valence-corrected chi connectivity index (χ1v) is 11.6. The Morgan fingerprint density at radius 2 is 1.94 bits per heavy atom. The summed E-state index contributed by atoms with van der Waals surface area (Å²) < 4.78 is 17.3. The number of H-pyrrole nitrogens is 1. The molecule has 4 aromatic rings. The van der Waals surface area contributed by atoms with Gasteiger partial charge >= 0.3 is 0 Å². The SMILES string of the molecule is S=C(OCc1cccc(Cl)c1)N1CCc2c([nH]c3ccccc23)C1c1ccc2c(c1)OCO2. The van der Waals surface area contributed by atoms with E-state index in [2.05, 4.69) is 40.2 Å². The summed E-state index contributed by atoms with van der Waals surface area (Å²) in [6, 6.07) is 22.0. The third-order valence-electron chi connectivity index (χ3n) is 6.23. The Morgan fingerprint density at radius 3 is 2.85 bits per heavy atom. The third kappa shape index (κ3) is 3.69. The first-order valence-electron chi connectivity index (χ1n) is 10.8. The van der Waals surface area contributed by atoms with Crippen LogP contribution in [0.4, 0.5) is 0 Å². The number of nitrogens with zero attached hydrogens (tertiary/aromatic N) is 1. The van der Waals surface area contributed by atoms with Crippen LogP contribution in [0, 0.1) is 0 Å². The Labute approximate surface area is 201 Å². The lowest BCUT2D eigenvalue weighted by atomic mass is 9.92. The highest BCUT2D eigenvalue weighted by Crippen LogP contribution is 2.42. The van der Waals surface area contributed by atoms with E-state index in [1.54, 1.807) is 0 Å². The molecule has 1 atom stereocenters. The van der Waals surface area contributed by atoms with Gasteiger partial charge in [0.15, 0.2) is 11.5 Å². The Morgan fingerprint density at radius 1 is 1.06 bits per heavy atom. The number of aromatic amines is 1. The van der Waals surface area contributed by atoms with Gasteiger partial charge in [0.2, 0.25) is 6.79 Å². The van der Waals surface area contributed by atoms with Gasteiger partial charge in [-0.15, -0.1) is 0 Å². The molecule has 2 aliphatic heterocycles. The van der Waals surface area contributed by atoms with Crippen LogP contribution in [0.15, 0.2) is 66.7 Å². The number of ether oxygens (including phenoxy) is 3. The summed E-state index contributed by atoms with van der Waals surface area (Å²) in [4.78, 5) is 5.80. The largest absolute Gasteiger partial charge is 0.466 e. The number of hydrogen-bond donors (Lipinski definition) is 1. The fourth-order valence-corrected chi connectivity index (χ4v) is 5.19. The van der Waals surface area contributed by atoms with E-state index in [-0.39, 0.29) is 12.8 Å². The molecule has 3 heterocycles. The molecule has 0 saturated carbocycles. The summed E-state index contributed by atoms with van der Waals surface area (Å²) >= 11 is 11.9. The quantitative estimate of drug-likeness (QED) is 0.367. The van der Waals surface area contributed by atoms with Crippen LogP contribution >= 0.6 is 23.8 Å². The number of nitrogens with one attached hydrogen (secondary N) is 1. The predicted molar refractivity (Wildman–Crippen MR) is 132 cm³/mol. The van der Waals surface area contributed by atoms with Gasteiger partial charge in [-0.1, -0.05) is 48.0 Å². The minimum Gasteiger partial charge on any atom is -0.466 e. The molecule has 1 N–H and O–H groups in total. The average Bonchev–Trinajstić information content (AvgIpc) is 3.46. The van der Waals surface area contributed by atoms with Crippen molar-refractivity contribution in [3.8, 4) is 11.5 Å². The summed E-state index contributed by atoms with van der Waals surface area (Å²) in [6.07, 6.45) is 0.876. The molecule has 3 aromatic carbocycles. The van der Waals surface area contributed by atoms with Crippen molar-refractivity contribution >= 4 is 39.9 Å². The summed E-state index contributed by atoms with van der Waals surface area (Å²) in [5.41, 5.74) is 5.63. The standard InChI is InChI=1S/C26H21ClN2O3S/c27-18-5-3-4-16(12-18)14-30-26(33)29-11-10-20-19-6-1-2-7-21(19)28-24(20)25(29)17-8-9-22-23(13-17)32-15-31-22/h1-9,12-13,25,28H,10-11,14-15H2. The second kappa shape index (κ2) is 8.28. The van der Waals surface area contributed by atoms with Gasteiger partial charge in [0, 0.05) is 28.2 Å². The van der Waals surface area contributed by atoms with Crippen LogP contribution in [0.3, 0.4) is 0 Å². The van der Waals surface area contributed by atoms with E-state index in [1.165, 1.54) is 10.9 Å². The first-order chi connectivity index (χ1) is 16.2. The van der Waals surface area contributed by atoms with Gasteiger partial charge in [-0.05, 0) is 65.7 Å². The smallest absolute Gasteiger partial charge is 0.260 e. The van der Waals surface area contributed by atoms with E-state index in [1.807, 2.05) is 36.4 Å². The van der Waals surface area contributed by atoms with Crippen LogP contribution in [0.5, 0.6) is 11.5 Å². The van der Waals surface area contributed by atoms with Crippen molar-refractivity contribution in [1.29, 1.82) is 0 Å². The van der Waals surface area contributed by atoms with Gasteiger partial charge in [0.1, 0.15) is 6.61 Å². The number of hydrogen-bond acceptors (Lipinski definition) is 4. The van der Waals surface area contributed by atoms with Crippen LogP contribution in [0.2, 0.25) is 5.02 Å². The fraction of sp³-hybridized carbons (Fsp3) is 0.192. The lowest BCUT2D eigenvalue weighted by molar-refractivity contribution is 0.173. The highest BCUT2D eigenvalue weighted by molar-refractivity contribution is 7.80.